The number of hydrogen-bond acceptors (Lipinski definition) is 4. The van der Waals surface area contributed by atoms with Gasteiger partial charge in [-0.25, -0.2) is 0 Å². The number of fused-ring (bicyclic) bond motifs is 1. The fraction of sp³-hybridized carbons (Fsp3) is 0.619. The average molecular weight is 374 g/mol. The molecule has 6 nitrogen and oxygen atoms in total. The Kier molecular flexibility index (Phi) is 5.36. The summed E-state index contributed by atoms with van der Waals surface area (Å²) < 4.78 is 11.1. The number of hydrogen-bond donors (Lipinski definition) is 0. The summed E-state index contributed by atoms with van der Waals surface area (Å²) in [5.74, 6) is 1.65. The molecule has 6 heteroatoms. The van der Waals surface area contributed by atoms with Crippen LogP contribution in [0.25, 0.3) is 0 Å². The SMILES string of the molecule is C[C@H]1CN(C(=O)C(C)(C)C)C[C@H](C)N1C(=O)Cc1ccc2c(c1)OCCO2. The Balaban J connectivity index is 1.67. The quantitative estimate of drug-likeness (QED) is 0.798. The topological polar surface area (TPSA) is 59.1 Å². The second kappa shape index (κ2) is 7.41. The van der Waals surface area contributed by atoms with Crippen molar-refractivity contribution in [2.45, 2.75) is 53.1 Å². The van der Waals surface area contributed by atoms with E-state index in [2.05, 4.69) is 0 Å². The van der Waals surface area contributed by atoms with E-state index < -0.39 is 5.41 Å². The minimum atomic E-state index is -0.406. The Bertz CT molecular complexity index is 713. The second-order valence-corrected chi connectivity index (χ2v) is 8.61. The van der Waals surface area contributed by atoms with Crippen molar-refractivity contribution in [2.24, 2.45) is 5.41 Å². The lowest BCUT2D eigenvalue weighted by Gasteiger charge is -2.46. The van der Waals surface area contributed by atoms with Gasteiger partial charge < -0.3 is 19.3 Å². The van der Waals surface area contributed by atoms with Crippen molar-refractivity contribution in [3.05, 3.63) is 23.8 Å². The predicted molar refractivity (Wildman–Crippen MR) is 103 cm³/mol. The third-order valence-corrected chi connectivity index (χ3v) is 5.10. The molecule has 2 atom stereocenters. The van der Waals surface area contributed by atoms with E-state index in [1.54, 1.807) is 0 Å². The molecule has 1 fully saturated rings. The van der Waals surface area contributed by atoms with Crippen LogP contribution in [-0.4, -0.2) is 60.0 Å². The van der Waals surface area contributed by atoms with Crippen LogP contribution in [-0.2, 0) is 16.0 Å². The van der Waals surface area contributed by atoms with Gasteiger partial charge in [-0.1, -0.05) is 26.8 Å². The van der Waals surface area contributed by atoms with Crippen LogP contribution in [0.2, 0.25) is 0 Å². The van der Waals surface area contributed by atoms with Crippen molar-refractivity contribution in [3.63, 3.8) is 0 Å². The molecule has 2 heterocycles. The van der Waals surface area contributed by atoms with Gasteiger partial charge >= 0.3 is 0 Å². The molecule has 1 aromatic carbocycles. The predicted octanol–water partition coefficient (Wildman–Crippen LogP) is 2.49. The van der Waals surface area contributed by atoms with Gasteiger partial charge in [-0.3, -0.25) is 9.59 Å². The number of benzene rings is 1. The molecule has 1 saturated heterocycles. The van der Waals surface area contributed by atoms with E-state index in [0.29, 0.717) is 38.5 Å². The van der Waals surface area contributed by atoms with E-state index in [1.807, 2.05) is 62.6 Å². The molecule has 27 heavy (non-hydrogen) atoms. The van der Waals surface area contributed by atoms with Crippen LogP contribution >= 0.6 is 0 Å². The summed E-state index contributed by atoms with van der Waals surface area (Å²) in [5, 5.41) is 0. The summed E-state index contributed by atoms with van der Waals surface area (Å²) in [6, 6.07) is 5.65. The number of rotatable bonds is 2. The normalized spacial score (nSPS) is 22.6. The minimum absolute atomic E-state index is 0.00948. The highest BCUT2D eigenvalue weighted by molar-refractivity contribution is 5.83. The number of amides is 2. The summed E-state index contributed by atoms with van der Waals surface area (Å²) >= 11 is 0. The fourth-order valence-corrected chi connectivity index (χ4v) is 3.92. The van der Waals surface area contributed by atoms with Crippen LogP contribution in [0.5, 0.6) is 11.5 Å². The third kappa shape index (κ3) is 4.20. The van der Waals surface area contributed by atoms with Crippen LogP contribution in [0.15, 0.2) is 18.2 Å². The Labute approximate surface area is 161 Å². The average Bonchev–Trinajstić information content (AvgIpc) is 2.59. The van der Waals surface area contributed by atoms with Gasteiger partial charge in [0.1, 0.15) is 13.2 Å². The van der Waals surface area contributed by atoms with Gasteiger partial charge in [0.05, 0.1) is 6.42 Å². The zero-order valence-electron chi connectivity index (χ0n) is 16.9. The molecule has 2 aliphatic rings. The molecule has 0 N–H and O–H groups in total. The lowest BCUT2D eigenvalue weighted by molar-refractivity contribution is -0.150. The molecule has 0 spiro atoms. The summed E-state index contributed by atoms with van der Waals surface area (Å²) in [6.45, 7) is 12.1. The van der Waals surface area contributed by atoms with Gasteiger partial charge in [-0.15, -0.1) is 0 Å². The maximum Gasteiger partial charge on any atom is 0.228 e. The molecule has 2 amide bonds. The van der Waals surface area contributed by atoms with Crippen molar-refractivity contribution in [1.29, 1.82) is 0 Å². The highest BCUT2D eigenvalue weighted by Gasteiger charge is 2.37. The molecule has 0 radical (unpaired) electrons. The number of ether oxygens (including phenoxy) is 2. The zero-order valence-corrected chi connectivity index (χ0v) is 16.9. The van der Waals surface area contributed by atoms with Gasteiger partial charge in [0.25, 0.3) is 0 Å². The Morgan fingerprint density at radius 2 is 1.63 bits per heavy atom. The molecule has 0 saturated carbocycles. The summed E-state index contributed by atoms with van der Waals surface area (Å²) in [4.78, 5) is 29.4. The standard InChI is InChI=1S/C21H30N2O4/c1-14-12-22(20(25)21(3,4)5)13-15(2)23(14)19(24)11-16-6-7-17-18(10-16)27-9-8-26-17/h6-7,10,14-15H,8-9,11-13H2,1-5H3/t14-,15-/m0/s1. The number of carbonyl (C=O) groups excluding carboxylic acids is 2. The maximum absolute atomic E-state index is 13.0. The van der Waals surface area contributed by atoms with Crippen LogP contribution in [0.3, 0.4) is 0 Å². The summed E-state index contributed by atoms with van der Waals surface area (Å²) in [7, 11) is 0. The molecule has 1 aromatic rings. The molecular weight excluding hydrogens is 344 g/mol. The second-order valence-electron chi connectivity index (χ2n) is 8.61. The maximum atomic E-state index is 13.0. The number of carbonyl (C=O) groups is 2. The first kappa shape index (κ1) is 19.5. The van der Waals surface area contributed by atoms with Crippen molar-refractivity contribution < 1.29 is 19.1 Å². The molecule has 0 aromatic heterocycles. The Hall–Kier alpha value is -2.24. The zero-order chi connectivity index (χ0) is 19.8. The molecule has 2 aliphatic heterocycles. The van der Waals surface area contributed by atoms with Gasteiger partial charge in [-0.05, 0) is 31.5 Å². The van der Waals surface area contributed by atoms with Crippen LogP contribution in [0.4, 0.5) is 0 Å². The van der Waals surface area contributed by atoms with E-state index >= 15 is 0 Å². The van der Waals surface area contributed by atoms with Gasteiger partial charge in [0, 0.05) is 30.6 Å². The summed E-state index contributed by atoms with van der Waals surface area (Å²) in [5.41, 5.74) is 0.508. The molecule has 0 aliphatic carbocycles. The Morgan fingerprint density at radius 3 is 2.22 bits per heavy atom. The van der Waals surface area contributed by atoms with E-state index in [1.165, 1.54) is 0 Å². The highest BCUT2D eigenvalue weighted by atomic mass is 16.6. The fourth-order valence-electron chi connectivity index (χ4n) is 3.92. The number of piperazine rings is 1. The van der Waals surface area contributed by atoms with Crippen LogP contribution < -0.4 is 9.47 Å². The largest absolute Gasteiger partial charge is 0.486 e. The van der Waals surface area contributed by atoms with E-state index in [0.717, 1.165) is 11.3 Å². The van der Waals surface area contributed by atoms with Crippen LogP contribution in [0.1, 0.15) is 40.2 Å². The van der Waals surface area contributed by atoms with E-state index in [4.69, 9.17) is 9.47 Å². The van der Waals surface area contributed by atoms with Gasteiger partial charge in [0.2, 0.25) is 11.8 Å². The van der Waals surface area contributed by atoms with Crippen LogP contribution in [0, 0.1) is 5.41 Å². The molecule has 0 unspecified atom stereocenters. The lowest BCUT2D eigenvalue weighted by Crippen LogP contribution is -2.61. The van der Waals surface area contributed by atoms with Crippen molar-refractivity contribution >= 4 is 11.8 Å². The van der Waals surface area contributed by atoms with Crippen molar-refractivity contribution in [1.82, 2.24) is 9.80 Å². The minimum Gasteiger partial charge on any atom is -0.486 e. The molecule has 148 valence electrons. The van der Waals surface area contributed by atoms with E-state index in [-0.39, 0.29) is 23.9 Å². The van der Waals surface area contributed by atoms with Crippen molar-refractivity contribution in [2.75, 3.05) is 26.3 Å². The molecule has 0 bridgehead atoms. The molecular formula is C21H30N2O4. The van der Waals surface area contributed by atoms with E-state index in [9.17, 15) is 9.59 Å². The smallest absolute Gasteiger partial charge is 0.228 e. The first-order valence-electron chi connectivity index (χ1n) is 9.66. The highest BCUT2D eigenvalue weighted by Crippen LogP contribution is 2.31. The molecule has 3 rings (SSSR count). The third-order valence-electron chi connectivity index (χ3n) is 5.10. The number of nitrogens with zero attached hydrogens (tertiary/aromatic N) is 2. The summed E-state index contributed by atoms with van der Waals surface area (Å²) in [6.07, 6.45) is 0.318. The Morgan fingerprint density at radius 1 is 1.04 bits per heavy atom. The van der Waals surface area contributed by atoms with Gasteiger partial charge in [-0.2, -0.15) is 0 Å². The lowest BCUT2D eigenvalue weighted by atomic mass is 9.93. The monoisotopic (exact) mass is 374 g/mol. The van der Waals surface area contributed by atoms with Gasteiger partial charge in [0.15, 0.2) is 11.5 Å². The van der Waals surface area contributed by atoms with Crippen molar-refractivity contribution in [3.8, 4) is 11.5 Å². The first-order valence-corrected chi connectivity index (χ1v) is 9.66. The first-order chi connectivity index (χ1) is 12.7.